The van der Waals surface area contributed by atoms with Crippen LogP contribution in [0.2, 0.25) is 0 Å². The van der Waals surface area contributed by atoms with Crippen LogP contribution in [0.1, 0.15) is 58.8 Å². The molecule has 4 heteroatoms. The molecule has 1 amide bonds. The predicted molar refractivity (Wildman–Crippen MR) is 85.2 cm³/mol. The number of hydrogen-bond acceptors (Lipinski definition) is 3. The number of rotatable bonds is 5. The molecule has 4 nitrogen and oxygen atoms in total. The van der Waals surface area contributed by atoms with Crippen LogP contribution in [-0.2, 0) is 4.79 Å². The van der Waals surface area contributed by atoms with E-state index < -0.39 is 0 Å². The highest BCUT2D eigenvalue weighted by atomic mass is 16.2. The van der Waals surface area contributed by atoms with Crippen molar-refractivity contribution in [3.63, 3.8) is 0 Å². The van der Waals surface area contributed by atoms with Crippen molar-refractivity contribution in [3.8, 4) is 0 Å². The number of nitrogens with zero attached hydrogens (tertiary/aromatic N) is 2. The maximum Gasteiger partial charge on any atom is 0.239 e. The van der Waals surface area contributed by atoms with E-state index >= 15 is 0 Å². The second kappa shape index (κ2) is 6.66. The molecule has 3 aliphatic rings. The lowest BCUT2D eigenvalue weighted by molar-refractivity contribution is -0.137. The van der Waals surface area contributed by atoms with Crippen LogP contribution < -0.4 is 5.32 Å². The van der Waals surface area contributed by atoms with Crippen molar-refractivity contribution in [2.45, 2.75) is 83.0 Å². The molecule has 3 unspecified atom stereocenters. The van der Waals surface area contributed by atoms with E-state index in [0.29, 0.717) is 24.0 Å². The van der Waals surface area contributed by atoms with E-state index in [4.69, 9.17) is 0 Å². The lowest BCUT2D eigenvalue weighted by atomic mass is 9.95. The lowest BCUT2D eigenvalue weighted by Crippen LogP contribution is -2.56. The average molecular weight is 293 g/mol. The van der Waals surface area contributed by atoms with Crippen LogP contribution in [0.4, 0.5) is 0 Å². The van der Waals surface area contributed by atoms with E-state index in [2.05, 4.69) is 29.0 Å². The van der Waals surface area contributed by atoms with Gasteiger partial charge in [-0.2, -0.15) is 0 Å². The molecule has 1 N–H and O–H groups in total. The van der Waals surface area contributed by atoms with E-state index in [1.54, 1.807) is 0 Å². The van der Waals surface area contributed by atoms with Gasteiger partial charge in [0.2, 0.25) is 5.91 Å². The molecule has 0 aromatic carbocycles. The summed E-state index contributed by atoms with van der Waals surface area (Å²) in [4.78, 5) is 17.3. The van der Waals surface area contributed by atoms with Gasteiger partial charge < -0.3 is 10.2 Å². The zero-order chi connectivity index (χ0) is 14.8. The summed E-state index contributed by atoms with van der Waals surface area (Å²) in [6.45, 7) is 7.46. The van der Waals surface area contributed by atoms with Crippen molar-refractivity contribution < 1.29 is 4.79 Å². The van der Waals surface area contributed by atoms with Gasteiger partial charge in [0.1, 0.15) is 0 Å². The van der Waals surface area contributed by atoms with Gasteiger partial charge in [-0.15, -0.1) is 0 Å². The molecule has 0 aliphatic carbocycles. The van der Waals surface area contributed by atoms with Gasteiger partial charge in [-0.1, -0.05) is 6.92 Å². The molecule has 2 bridgehead atoms. The van der Waals surface area contributed by atoms with Crippen molar-refractivity contribution >= 4 is 5.91 Å². The van der Waals surface area contributed by atoms with Crippen LogP contribution in [0.3, 0.4) is 0 Å². The Hall–Kier alpha value is -0.610. The maximum absolute atomic E-state index is 12.7. The molecule has 120 valence electrons. The Morgan fingerprint density at radius 2 is 1.81 bits per heavy atom. The van der Waals surface area contributed by atoms with Crippen molar-refractivity contribution in [2.24, 2.45) is 0 Å². The lowest BCUT2D eigenvalue weighted by Gasteiger charge is -2.43. The largest absolute Gasteiger partial charge is 0.341 e. The molecule has 3 aliphatic heterocycles. The van der Waals surface area contributed by atoms with Crippen LogP contribution in [0, 0.1) is 0 Å². The molecule has 3 heterocycles. The molecule has 0 saturated carbocycles. The first-order valence-electron chi connectivity index (χ1n) is 9.00. The van der Waals surface area contributed by atoms with Crippen molar-refractivity contribution in [1.82, 2.24) is 15.1 Å². The summed E-state index contributed by atoms with van der Waals surface area (Å²) in [7, 11) is 0. The van der Waals surface area contributed by atoms with Gasteiger partial charge >= 0.3 is 0 Å². The Bertz CT molecular complexity index is 353. The van der Waals surface area contributed by atoms with Crippen molar-refractivity contribution in [2.75, 3.05) is 19.6 Å². The average Bonchev–Trinajstić information content (AvgIpc) is 3.10. The standard InChI is InChI=1S/C17H31N3O/c1-3-8-18-14-11-15-6-7-16(12-14)20(15)13(2)17(21)19-9-4-5-10-19/h13-16,18H,3-12H2,1-2H3. The minimum absolute atomic E-state index is 0.0905. The third-order valence-electron chi connectivity index (χ3n) is 5.69. The summed E-state index contributed by atoms with van der Waals surface area (Å²) in [5.74, 6) is 0.379. The molecule has 0 radical (unpaired) electrons. The van der Waals surface area contributed by atoms with Gasteiger partial charge in [-0.3, -0.25) is 9.69 Å². The Morgan fingerprint density at radius 1 is 1.19 bits per heavy atom. The smallest absolute Gasteiger partial charge is 0.239 e. The summed E-state index contributed by atoms with van der Waals surface area (Å²) in [6.07, 6.45) is 8.61. The fourth-order valence-corrected chi connectivity index (χ4v) is 4.69. The molecule has 0 aromatic heterocycles. The number of piperidine rings is 1. The topological polar surface area (TPSA) is 35.6 Å². The summed E-state index contributed by atoms with van der Waals surface area (Å²) in [5, 5.41) is 3.69. The van der Waals surface area contributed by atoms with Crippen LogP contribution in [-0.4, -0.2) is 59.5 Å². The highest BCUT2D eigenvalue weighted by Crippen LogP contribution is 2.37. The molecule has 3 atom stereocenters. The first-order valence-corrected chi connectivity index (χ1v) is 9.00. The quantitative estimate of drug-likeness (QED) is 0.842. The minimum atomic E-state index is 0.0905. The number of carbonyl (C=O) groups is 1. The fraction of sp³-hybridized carbons (Fsp3) is 0.941. The molecule has 3 fully saturated rings. The number of amides is 1. The van der Waals surface area contributed by atoms with Gasteiger partial charge in [0.15, 0.2) is 0 Å². The number of hydrogen-bond donors (Lipinski definition) is 1. The molecule has 3 saturated heterocycles. The van der Waals surface area contributed by atoms with Gasteiger partial charge in [0.05, 0.1) is 6.04 Å². The fourth-order valence-electron chi connectivity index (χ4n) is 4.69. The summed E-state index contributed by atoms with van der Waals surface area (Å²) in [6, 6.07) is 2.01. The third kappa shape index (κ3) is 3.11. The highest BCUT2D eigenvalue weighted by Gasteiger charge is 2.45. The number of carbonyl (C=O) groups excluding carboxylic acids is 1. The minimum Gasteiger partial charge on any atom is -0.341 e. The summed E-state index contributed by atoms with van der Waals surface area (Å²) >= 11 is 0. The zero-order valence-corrected chi connectivity index (χ0v) is 13.7. The van der Waals surface area contributed by atoms with Crippen LogP contribution in [0.25, 0.3) is 0 Å². The summed E-state index contributed by atoms with van der Waals surface area (Å²) < 4.78 is 0. The zero-order valence-electron chi connectivity index (χ0n) is 13.7. The normalized spacial score (nSPS) is 34.4. The molecule has 3 rings (SSSR count). The highest BCUT2D eigenvalue weighted by molar-refractivity contribution is 5.81. The molecular formula is C17H31N3O. The van der Waals surface area contributed by atoms with Crippen LogP contribution in [0.15, 0.2) is 0 Å². The Balaban J connectivity index is 1.60. The monoisotopic (exact) mass is 293 g/mol. The maximum atomic E-state index is 12.7. The number of nitrogens with one attached hydrogen (secondary N) is 1. The number of likely N-dealkylation sites (tertiary alicyclic amines) is 1. The summed E-state index contributed by atoms with van der Waals surface area (Å²) in [5.41, 5.74) is 0. The van der Waals surface area contributed by atoms with Gasteiger partial charge in [-0.25, -0.2) is 0 Å². The van der Waals surface area contributed by atoms with E-state index in [9.17, 15) is 4.79 Å². The Kier molecular flexibility index (Phi) is 4.85. The Morgan fingerprint density at radius 3 is 2.38 bits per heavy atom. The van der Waals surface area contributed by atoms with Crippen LogP contribution in [0.5, 0.6) is 0 Å². The third-order valence-corrected chi connectivity index (χ3v) is 5.69. The molecule has 0 spiro atoms. The number of fused-ring (bicyclic) bond motifs is 2. The SMILES string of the molecule is CCCNC1CC2CCC(C1)N2C(C)C(=O)N1CCCC1. The van der Waals surface area contributed by atoms with Gasteiger partial charge in [-0.05, 0) is 58.4 Å². The van der Waals surface area contributed by atoms with Crippen molar-refractivity contribution in [3.05, 3.63) is 0 Å². The molecule has 0 aromatic rings. The molecule has 21 heavy (non-hydrogen) atoms. The molecular weight excluding hydrogens is 262 g/mol. The first kappa shape index (κ1) is 15.3. The first-order chi connectivity index (χ1) is 10.2. The van der Waals surface area contributed by atoms with E-state index in [1.165, 1.54) is 44.9 Å². The van der Waals surface area contributed by atoms with Crippen molar-refractivity contribution in [1.29, 1.82) is 0 Å². The predicted octanol–water partition coefficient (Wildman–Crippen LogP) is 1.99. The second-order valence-corrected chi connectivity index (χ2v) is 7.16. The van der Waals surface area contributed by atoms with Crippen LogP contribution >= 0.6 is 0 Å². The van der Waals surface area contributed by atoms with E-state index in [0.717, 1.165) is 19.6 Å². The second-order valence-electron chi connectivity index (χ2n) is 7.16. The van der Waals surface area contributed by atoms with Gasteiger partial charge in [0, 0.05) is 31.2 Å². The van der Waals surface area contributed by atoms with E-state index in [1.807, 2.05) is 0 Å². The van der Waals surface area contributed by atoms with Gasteiger partial charge in [0.25, 0.3) is 0 Å². The van der Waals surface area contributed by atoms with E-state index in [-0.39, 0.29) is 6.04 Å². The Labute approximate surface area is 129 Å².